The Hall–Kier alpha value is -1.68. The molecule has 2 aromatic heterocycles. The van der Waals surface area contributed by atoms with Crippen LogP contribution in [0.3, 0.4) is 0 Å². The Balaban J connectivity index is 1.96. The van der Waals surface area contributed by atoms with Crippen LogP contribution in [0.1, 0.15) is 35.1 Å². The normalized spacial score (nSPS) is 10.8. The molecule has 96 valence electrons. The summed E-state index contributed by atoms with van der Waals surface area (Å²) in [6, 6.07) is 4.13. The van der Waals surface area contributed by atoms with Gasteiger partial charge in [-0.1, -0.05) is 13.0 Å². The number of pyridine rings is 1. The van der Waals surface area contributed by atoms with Gasteiger partial charge in [0.2, 0.25) is 0 Å². The molecule has 0 atom stereocenters. The molecule has 0 aliphatic rings. The predicted molar refractivity (Wildman–Crippen MR) is 72.2 cm³/mol. The van der Waals surface area contributed by atoms with E-state index in [2.05, 4.69) is 40.4 Å². The van der Waals surface area contributed by atoms with Gasteiger partial charge in [-0.3, -0.25) is 10.1 Å². The van der Waals surface area contributed by atoms with E-state index >= 15 is 0 Å². The van der Waals surface area contributed by atoms with E-state index in [4.69, 9.17) is 0 Å². The van der Waals surface area contributed by atoms with E-state index in [1.54, 1.807) is 0 Å². The molecule has 4 heteroatoms. The predicted octanol–water partition coefficient (Wildman–Crippen LogP) is 2.27. The number of nitrogens with one attached hydrogen (secondary N) is 2. The highest BCUT2D eigenvalue weighted by molar-refractivity contribution is 5.23. The fraction of sp³-hybridized carbons (Fsp3) is 0.429. The first-order valence-electron chi connectivity index (χ1n) is 6.36. The van der Waals surface area contributed by atoms with E-state index in [1.165, 1.54) is 11.1 Å². The number of nitrogens with zero attached hydrogens (tertiary/aromatic N) is 2. The molecule has 0 fully saturated rings. The highest BCUT2D eigenvalue weighted by atomic mass is 15.1. The molecule has 0 aliphatic carbocycles. The first-order chi connectivity index (χ1) is 8.72. The Morgan fingerprint density at radius 2 is 2.11 bits per heavy atom. The molecule has 2 N–H and O–H groups in total. The van der Waals surface area contributed by atoms with Gasteiger partial charge >= 0.3 is 0 Å². The van der Waals surface area contributed by atoms with Crippen molar-refractivity contribution in [1.82, 2.24) is 20.5 Å². The van der Waals surface area contributed by atoms with Gasteiger partial charge in [-0.05, 0) is 31.9 Å². The smallest absolute Gasteiger partial charge is 0.0638 e. The number of H-pyrrole nitrogens is 1. The molecule has 0 saturated carbocycles. The standard InChI is InChI=1S/C14H20N4/c1-4-12-6-5-7-16-14(12)9-15-8-13-10(2)17-18-11(13)3/h5-7,15H,4,8-9H2,1-3H3,(H,17,18). The van der Waals surface area contributed by atoms with Crippen molar-refractivity contribution in [3.05, 3.63) is 46.5 Å². The molecule has 0 amide bonds. The van der Waals surface area contributed by atoms with Crippen LogP contribution in [0.25, 0.3) is 0 Å². The summed E-state index contributed by atoms with van der Waals surface area (Å²) < 4.78 is 0. The van der Waals surface area contributed by atoms with Crippen molar-refractivity contribution >= 4 is 0 Å². The molecular formula is C14H20N4. The van der Waals surface area contributed by atoms with Crippen LogP contribution >= 0.6 is 0 Å². The topological polar surface area (TPSA) is 53.6 Å². The summed E-state index contributed by atoms with van der Waals surface area (Å²) in [6.45, 7) is 7.86. The molecule has 0 unspecified atom stereocenters. The zero-order valence-corrected chi connectivity index (χ0v) is 11.2. The number of hydrogen-bond donors (Lipinski definition) is 2. The molecule has 2 heterocycles. The van der Waals surface area contributed by atoms with E-state index in [0.29, 0.717) is 0 Å². The maximum absolute atomic E-state index is 4.43. The molecular weight excluding hydrogens is 224 g/mol. The van der Waals surface area contributed by atoms with Crippen LogP contribution in [0.4, 0.5) is 0 Å². The third kappa shape index (κ3) is 2.76. The zero-order valence-electron chi connectivity index (χ0n) is 11.2. The number of aryl methyl sites for hydroxylation is 3. The molecule has 18 heavy (non-hydrogen) atoms. The van der Waals surface area contributed by atoms with Gasteiger partial charge in [0.1, 0.15) is 0 Å². The van der Waals surface area contributed by atoms with Crippen molar-refractivity contribution in [3.8, 4) is 0 Å². The first-order valence-corrected chi connectivity index (χ1v) is 6.36. The van der Waals surface area contributed by atoms with Gasteiger partial charge < -0.3 is 5.32 Å². The van der Waals surface area contributed by atoms with Crippen LogP contribution in [0.15, 0.2) is 18.3 Å². The van der Waals surface area contributed by atoms with Crippen molar-refractivity contribution in [3.63, 3.8) is 0 Å². The largest absolute Gasteiger partial charge is 0.307 e. The lowest BCUT2D eigenvalue weighted by Crippen LogP contribution is -2.16. The van der Waals surface area contributed by atoms with Gasteiger partial charge in [0.05, 0.1) is 11.4 Å². The molecule has 4 nitrogen and oxygen atoms in total. The SMILES string of the molecule is CCc1cccnc1CNCc1c(C)n[nH]c1C. The average molecular weight is 244 g/mol. The highest BCUT2D eigenvalue weighted by Crippen LogP contribution is 2.10. The Kier molecular flexibility index (Phi) is 4.10. The van der Waals surface area contributed by atoms with Crippen LogP contribution in [0.2, 0.25) is 0 Å². The Labute approximate surface area is 108 Å². The lowest BCUT2D eigenvalue weighted by atomic mass is 10.1. The van der Waals surface area contributed by atoms with Gasteiger partial charge in [-0.25, -0.2) is 0 Å². The van der Waals surface area contributed by atoms with E-state index < -0.39 is 0 Å². The van der Waals surface area contributed by atoms with Gasteiger partial charge in [-0.2, -0.15) is 5.10 Å². The number of rotatable bonds is 5. The van der Waals surface area contributed by atoms with E-state index in [9.17, 15) is 0 Å². The number of aromatic nitrogens is 3. The molecule has 0 radical (unpaired) electrons. The van der Waals surface area contributed by atoms with Crippen molar-refractivity contribution in [2.75, 3.05) is 0 Å². The van der Waals surface area contributed by atoms with E-state index in [1.807, 2.05) is 19.2 Å². The second-order valence-electron chi connectivity index (χ2n) is 4.48. The van der Waals surface area contributed by atoms with Crippen molar-refractivity contribution < 1.29 is 0 Å². The minimum atomic E-state index is 0.800. The molecule has 0 aliphatic heterocycles. The summed E-state index contributed by atoms with van der Waals surface area (Å²) in [6.07, 6.45) is 2.87. The molecule has 0 saturated heterocycles. The summed E-state index contributed by atoms with van der Waals surface area (Å²) >= 11 is 0. The number of hydrogen-bond acceptors (Lipinski definition) is 3. The summed E-state index contributed by atoms with van der Waals surface area (Å²) in [5, 5.41) is 10.6. The second kappa shape index (κ2) is 5.78. The fourth-order valence-electron chi connectivity index (χ4n) is 2.09. The lowest BCUT2D eigenvalue weighted by molar-refractivity contribution is 0.669. The maximum atomic E-state index is 4.43. The quantitative estimate of drug-likeness (QED) is 0.848. The Bertz CT molecular complexity index is 497. The zero-order chi connectivity index (χ0) is 13.0. The van der Waals surface area contributed by atoms with Gasteiger partial charge in [0.15, 0.2) is 0 Å². The first kappa shape index (κ1) is 12.8. The summed E-state index contributed by atoms with van der Waals surface area (Å²) in [5.41, 5.74) is 5.90. The second-order valence-corrected chi connectivity index (χ2v) is 4.48. The monoisotopic (exact) mass is 244 g/mol. The minimum Gasteiger partial charge on any atom is -0.307 e. The fourth-order valence-corrected chi connectivity index (χ4v) is 2.09. The molecule has 0 aromatic carbocycles. The Morgan fingerprint density at radius 3 is 2.78 bits per heavy atom. The third-order valence-electron chi connectivity index (χ3n) is 3.24. The third-order valence-corrected chi connectivity index (χ3v) is 3.24. The highest BCUT2D eigenvalue weighted by Gasteiger charge is 2.06. The maximum Gasteiger partial charge on any atom is 0.0638 e. The summed E-state index contributed by atoms with van der Waals surface area (Å²) in [5.74, 6) is 0. The number of aromatic amines is 1. The molecule has 0 spiro atoms. The lowest BCUT2D eigenvalue weighted by Gasteiger charge is -2.08. The average Bonchev–Trinajstić information content (AvgIpc) is 2.71. The molecule has 2 rings (SSSR count). The van der Waals surface area contributed by atoms with Gasteiger partial charge in [0, 0.05) is 30.5 Å². The van der Waals surface area contributed by atoms with Gasteiger partial charge in [-0.15, -0.1) is 0 Å². The van der Waals surface area contributed by atoms with Crippen LogP contribution in [-0.2, 0) is 19.5 Å². The Morgan fingerprint density at radius 1 is 1.28 bits per heavy atom. The van der Waals surface area contributed by atoms with Crippen LogP contribution < -0.4 is 5.32 Å². The van der Waals surface area contributed by atoms with Crippen LogP contribution in [-0.4, -0.2) is 15.2 Å². The summed E-state index contributed by atoms with van der Waals surface area (Å²) in [7, 11) is 0. The van der Waals surface area contributed by atoms with Gasteiger partial charge in [0.25, 0.3) is 0 Å². The molecule has 0 bridgehead atoms. The van der Waals surface area contributed by atoms with E-state index in [-0.39, 0.29) is 0 Å². The summed E-state index contributed by atoms with van der Waals surface area (Å²) in [4.78, 5) is 4.43. The molecule has 2 aromatic rings. The van der Waals surface area contributed by atoms with Crippen molar-refractivity contribution in [2.24, 2.45) is 0 Å². The van der Waals surface area contributed by atoms with Crippen molar-refractivity contribution in [1.29, 1.82) is 0 Å². The van der Waals surface area contributed by atoms with Crippen molar-refractivity contribution in [2.45, 2.75) is 40.3 Å². The van der Waals surface area contributed by atoms with E-state index in [0.717, 1.165) is 36.6 Å². The minimum absolute atomic E-state index is 0.800. The van der Waals surface area contributed by atoms with Crippen LogP contribution in [0.5, 0.6) is 0 Å². The van der Waals surface area contributed by atoms with Crippen LogP contribution in [0, 0.1) is 13.8 Å².